The molecular weight excluding hydrogens is 817 g/mol. The lowest BCUT2D eigenvalue weighted by atomic mass is 9.78. The average Bonchev–Trinajstić information content (AvgIpc) is 4.15. The number of aryl methyl sites for hydroxylation is 1. The van der Waals surface area contributed by atoms with E-state index in [4.69, 9.17) is 9.15 Å². The van der Waals surface area contributed by atoms with Crippen molar-refractivity contribution >= 4 is 67.5 Å². The lowest BCUT2D eigenvalue weighted by Crippen LogP contribution is -2.34. The van der Waals surface area contributed by atoms with Gasteiger partial charge in [0.05, 0.1) is 23.1 Å². The molecule has 8 aliphatic rings. The van der Waals surface area contributed by atoms with Gasteiger partial charge < -0.3 is 18.3 Å². The van der Waals surface area contributed by atoms with Crippen molar-refractivity contribution in [3.05, 3.63) is 195 Å². The number of furan rings is 1. The minimum absolute atomic E-state index is 0.0298. The second-order valence-corrected chi connectivity index (χ2v) is 21.1. The van der Waals surface area contributed by atoms with Gasteiger partial charge in [-0.25, -0.2) is 0 Å². The van der Waals surface area contributed by atoms with E-state index in [0.717, 1.165) is 68.5 Å². The fourth-order valence-electron chi connectivity index (χ4n) is 13.8. The Hall–Kier alpha value is -6.78. The van der Waals surface area contributed by atoms with Crippen LogP contribution in [0.2, 0.25) is 0 Å². The summed E-state index contributed by atoms with van der Waals surface area (Å²) in [6, 6.07) is 24.9. The largest absolute Gasteiger partial charge is 0.485 e. The number of nitrogens with zero attached hydrogens (tertiary/aromatic N) is 2. The van der Waals surface area contributed by atoms with E-state index in [0.29, 0.717) is 11.8 Å². The molecule has 4 heterocycles. The van der Waals surface area contributed by atoms with Gasteiger partial charge in [0.1, 0.15) is 23.2 Å². The predicted molar refractivity (Wildman–Crippen MR) is 276 cm³/mol. The molecule has 67 heavy (non-hydrogen) atoms. The Labute approximate surface area is 391 Å². The van der Waals surface area contributed by atoms with Crippen LogP contribution >= 0.6 is 0 Å². The Morgan fingerprint density at radius 1 is 0.642 bits per heavy atom. The molecule has 0 N–H and O–H groups in total. The maximum absolute atomic E-state index is 6.63. The van der Waals surface area contributed by atoms with E-state index in [1.807, 2.05) is 0 Å². The van der Waals surface area contributed by atoms with Crippen molar-refractivity contribution in [1.29, 1.82) is 0 Å². The maximum atomic E-state index is 6.63. The lowest BCUT2D eigenvalue weighted by molar-refractivity contribution is 0.269. The van der Waals surface area contributed by atoms with Crippen molar-refractivity contribution in [3.63, 3.8) is 0 Å². The predicted octanol–water partition coefficient (Wildman–Crippen LogP) is 14.3. The van der Waals surface area contributed by atoms with Gasteiger partial charge in [-0.05, 0) is 128 Å². The molecule has 0 bridgehead atoms. The summed E-state index contributed by atoms with van der Waals surface area (Å²) < 4.78 is 18.3. The number of rotatable bonds is 4. The van der Waals surface area contributed by atoms with Gasteiger partial charge >= 0.3 is 0 Å². The number of fused-ring (bicyclic) bond motifs is 14. The Balaban J connectivity index is 0.860. The minimum atomic E-state index is 0.0298. The Morgan fingerprint density at radius 2 is 1.49 bits per heavy atom. The molecule has 0 amide bonds. The zero-order valence-electron chi connectivity index (χ0n) is 38.3. The third-order valence-electron chi connectivity index (χ3n) is 17.2. The van der Waals surface area contributed by atoms with Crippen LogP contribution < -0.4 is 15.3 Å². The van der Waals surface area contributed by atoms with Gasteiger partial charge in [-0.2, -0.15) is 0 Å². The summed E-state index contributed by atoms with van der Waals surface area (Å²) in [4.78, 5) is 0. The molecule has 4 aromatic carbocycles. The first-order chi connectivity index (χ1) is 32.9. The second-order valence-electron chi connectivity index (χ2n) is 21.1. The Bertz CT molecular complexity index is 3750. The zero-order chi connectivity index (χ0) is 44.1. The topological polar surface area (TPSA) is 32.2 Å². The Morgan fingerprint density at radius 3 is 2.40 bits per heavy atom. The molecule has 0 saturated heterocycles. The van der Waals surface area contributed by atoms with Gasteiger partial charge in [-0.15, -0.1) is 0 Å². The Kier molecular flexibility index (Phi) is 8.08. The number of allylic oxidation sites excluding steroid dienone is 13. The van der Waals surface area contributed by atoms with E-state index in [-0.39, 0.29) is 29.5 Å². The summed E-state index contributed by atoms with van der Waals surface area (Å²) in [5.41, 5.74) is 16.5. The number of hydrogen-bond donors (Lipinski definition) is 0. The molecule has 4 heteroatoms. The number of benzene rings is 4. The molecule has 0 radical (unpaired) electrons. The smallest absolute Gasteiger partial charge is 0.137 e. The van der Waals surface area contributed by atoms with Gasteiger partial charge in [-0.3, -0.25) is 0 Å². The van der Waals surface area contributed by atoms with Crippen LogP contribution in [0.1, 0.15) is 128 Å². The van der Waals surface area contributed by atoms with Crippen LogP contribution in [0, 0.1) is 0 Å². The van der Waals surface area contributed by atoms with Crippen LogP contribution in [0.3, 0.4) is 0 Å². The second kappa shape index (κ2) is 14.1. The first-order valence-electron chi connectivity index (χ1n) is 25.1. The van der Waals surface area contributed by atoms with Crippen LogP contribution in [-0.2, 0) is 11.8 Å². The van der Waals surface area contributed by atoms with Gasteiger partial charge in [0, 0.05) is 78.0 Å². The number of ether oxygens (including phenoxy) is 1. The highest BCUT2D eigenvalue weighted by atomic mass is 16.5. The summed E-state index contributed by atoms with van der Waals surface area (Å²) in [5, 5.41) is 8.10. The maximum Gasteiger partial charge on any atom is 0.137 e. The first-order valence-corrected chi connectivity index (χ1v) is 25.1. The van der Waals surface area contributed by atoms with Gasteiger partial charge in [0.25, 0.3) is 0 Å². The van der Waals surface area contributed by atoms with Crippen molar-refractivity contribution in [3.8, 4) is 5.75 Å². The quantitative estimate of drug-likeness (QED) is 0.165. The molecule has 6 unspecified atom stereocenters. The molecule has 0 fully saturated rings. The molecule has 4 nitrogen and oxygen atoms in total. The molecule has 7 aromatic rings. The summed E-state index contributed by atoms with van der Waals surface area (Å²) in [7, 11) is 0. The summed E-state index contributed by atoms with van der Waals surface area (Å²) in [6.45, 7) is 4.90. The average molecular weight is 871 g/mol. The molecule has 15 rings (SSSR count). The van der Waals surface area contributed by atoms with E-state index >= 15 is 0 Å². The molecule has 0 spiro atoms. The summed E-state index contributed by atoms with van der Waals surface area (Å²) in [5.74, 6) is 3.01. The van der Waals surface area contributed by atoms with E-state index in [2.05, 4.69) is 181 Å². The highest BCUT2D eigenvalue weighted by Gasteiger charge is 2.39. The normalized spacial score (nSPS) is 25.9. The third-order valence-corrected chi connectivity index (χ3v) is 17.2. The van der Waals surface area contributed by atoms with Crippen molar-refractivity contribution < 1.29 is 9.15 Å². The zero-order valence-corrected chi connectivity index (χ0v) is 38.3. The van der Waals surface area contributed by atoms with E-state index in [1.54, 1.807) is 5.57 Å². The van der Waals surface area contributed by atoms with Crippen LogP contribution in [-0.4, -0.2) is 15.2 Å². The van der Waals surface area contributed by atoms with Gasteiger partial charge in [0.15, 0.2) is 0 Å². The van der Waals surface area contributed by atoms with Gasteiger partial charge in [-0.1, -0.05) is 123 Å². The van der Waals surface area contributed by atoms with E-state index in [9.17, 15) is 0 Å². The van der Waals surface area contributed by atoms with E-state index < -0.39 is 0 Å². The fourth-order valence-corrected chi connectivity index (χ4v) is 13.8. The lowest BCUT2D eigenvalue weighted by Gasteiger charge is -2.26. The first kappa shape index (κ1) is 38.3. The van der Waals surface area contributed by atoms with Crippen molar-refractivity contribution in [2.75, 3.05) is 0 Å². The highest BCUT2D eigenvalue weighted by molar-refractivity contribution is 6.11. The number of aromatic nitrogens is 2. The molecule has 328 valence electrons. The molecule has 3 aromatic heterocycles. The molecule has 7 aliphatic carbocycles. The highest BCUT2D eigenvalue weighted by Crippen LogP contribution is 2.53. The van der Waals surface area contributed by atoms with Gasteiger partial charge in [0.2, 0.25) is 0 Å². The summed E-state index contributed by atoms with van der Waals surface area (Å²) in [6.07, 6.45) is 46.0. The van der Waals surface area contributed by atoms with Crippen LogP contribution in [0.15, 0.2) is 150 Å². The van der Waals surface area contributed by atoms with Crippen LogP contribution in [0.5, 0.6) is 5.75 Å². The monoisotopic (exact) mass is 870 g/mol. The minimum Gasteiger partial charge on any atom is -0.485 e. The molecule has 1 aliphatic heterocycles. The number of hydrogen-bond acceptors (Lipinski definition) is 2. The standard InChI is InChI=1S/C63H54N2O2/c1-63(2)53-17-9-6-14-43(53)46-33-49-47-30-39(22-27-55(47)64(57(49)35-54(46)63)41-12-4-3-5-13-41)40-23-28-56-48(31-40)50-34-52-45-16-8-11-19-60(45)67-62(52)36-58(50)65(56)42-25-20-37(21-26-42)38-24-29-61-51(32-38)44-15-7-10-18-59(44)66-61/h3-7,10-12,14-15,18-20,22,24-25,27-37,40-42,44,59H,8-9,13,16-17,21,23,26H2,1-2H3. The fraction of sp³-hybridized carbons (Fsp3) is 0.270. The molecule has 6 atom stereocenters. The van der Waals surface area contributed by atoms with Crippen molar-refractivity contribution in [2.24, 2.45) is 0 Å². The van der Waals surface area contributed by atoms with Crippen molar-refractivity contribution in [2.45, 2.75) is 107 Å². The van der Waals surface area contributed by atoms with E-state index in [1.165, 1.54) is 87.6 Å². The third kappa shape index (κ3) is 5.53. The van der Waals surface area contributed by atoms with Crippen LogP contribution in [0.4, 0.5) is 0 Å². The van der Waals surface area contributed by atoms with Crippen LogP contribution in [0.25, 0.3) is 67.5 Å². The molecular formula is C63H54N2O2. The molecule has 0 saturated carbocycles. The SMILES string of the molecule is CC1(C)C2=C(C=CCC2)c2cc3c4cc(C5C=c6c(n(C7C=CC(c8ccc9c(c8)C8C=CC=CC8O9)CC7)c7cc8oc9c(c8cc67)CCC=C9)=CC5)ccc4n(C4C=CC=CC4)c3cc21. The van der Waals surface area contributed by atoms with Crippen molar-refractivity contribution in [1.82, 2.24) is 9.13 Å². The summed E-state index contributed by atoms with van der Waals surface area (Å²) >= 11 is 0.